The summed E-state index contributed by atoms with van der Waals surface area (Å²) in [7, 11) is 1.90. The zero-order valence-electron chi connectivity index (χ0n) is 13.3. The minimum absolute atomic E-state index is 0.144. The molecular weight excluding hydrogens is 294 g/mol. The second kappa shape index (κ2) is 6.80. The zero-order valence-corrected chi connectivity index (χ0v) is 14.1. The molecule has 1 aliphatic rings. The van der Waals surface area contributed by atoms with Crippen LogP contribution in [0.1, 0.15) is 40.9 Å². The first kappa shape index (κ1) is 15.5. The molecule has 1 unspecified atom stereocenters. The summed E-state index contributed by atoms with van der Waals surface area (Å²) >= 11 is 1.60. The fourth-order valence-corrected chi connectivity index (χ4v) is 4.29. The predicted molar refractivity (Wildman–Crippen MR) is 91.7 cm³/mol. The van der Waals surface area contributed by atoms with Gasteiger partial charge < -0.3 is 9.64 Å². The summed E-state index contributed by atoms with van der Waals surface area (Å²) < 4.78 is 6.83. The minimum atomic E-state index is 0.144. The quantitative estimate of drug-likeness (QED) is 0.825. The lowest BCUT2D eigenvalue weighted by molar-refractivity contribution is 0.0767. The van der Waals surface area contributed by atoms with Crippen LogP contribution in [0.3, 0.4) is 0 Å². The molecule has 0 N–H and O–H groups in total. The summed E-state index contributed by atoms with van der Waals surface area (Å²) in [4.78, 5) is 15.4. The Morgan fingerprint density at radius 1 is 1.41 bits per heavy atom. The maximum absolute atomic E-state index is 12.7. The SMILES string of the molecule is Cc1c(C(=O)N(C)CCCC2CCCO2)sc2ccccc12. The first-order chi connectivity index (χ1) is 10.7. The Morgan fingerprint density at radius 3 is 2.95 bits per heavy atom. The van der Waals surface area contributed by atoms with Crippen LogP contribution in [0.25, 0.3) is 10.1 Å². The second-order valence-electron chi connectivity index (χ2n) is 6.06. The Hall–Kier alpha value is -1.39. The van der Waals surface area contributed by atoms with Gasteiger partial charge >= 0.3 is 0 Å². The molecule has 118 valence electrons. The van der Waals surface area contributed by atoms with E-state index in [9.17, 15) is 4.79 Å². The van der Waals surface area contributed by atoms with Gasteiger partial charge in [-0.25, -0.2) is 0 Å². The molecule has 3 nitrogen and oxygen atoms in total. The molecule has 0 spiro atoms. The summed E-state index contributed by atoms with van der Waals surface area (Å²) in [6, 6.07) is 8.23. The standard InChI is InChI=1S/C18H23NO2S/c1-13-15-9-3-4-10-16(15)22-17(13)18(20)19(2)11-5-7-14-8-6-12-21-14/h3-4,9-10,14H,5-8,11-12H2,1-2H3. The monoisotopic (exact) mass is 317 g/mol. The van der Waals surface area contributed by atoms with E-state index in [4.69, 9.17) is 4.74 Å². The number of carbonyl (C=O) groups is 1. The van der Waals surface area contributed by atoms with Crippen molar-refractivity contribution in [2.24, 2.45) is 0 Å². The number of hydrogen-bond donors (Lipinski definition) is 0. The number of amides is 1. The number of aryl methyl sites for hydroxylation is 1. The number of carbonyl (C=O) groups excluding carboxylic acids is 1. The van der Waals surface area contributed by atoms with Crippen LogP contribution in [0.2, 0.25) is 0 Å². The zero-order chi connectivity index (χ0) is 15.5. The Morgan fingerprint density at radius 2 is 2.23 bits per heavy atom. The Balaban J connectivity index is 1.62. The third-order valence-electron chi connectivity index (χ3n) is 4.43. The highest BCUT2D eigenvalue weighted by Gasteiger charge is 2.20. The van der Waals surface area contributed by atoms with Crippen molar-refractivity contribution >= 4 is 27.3 Å². The highest BCUT2D eigenvalue weighted by Crippen LogP contribution is 2.31. The van der Waals surface area contributed by atoms with Crippen molar-refractivity contribution in [2.75, 3.05) is 20.2 Å². The van der Waals surface area contributed by atoms with Crippen LogP contribution in [-0.4, -0.2) is 37.1 Å². The average Bonchev–Trinajstić information content (AvgIpc) is 3.15. The van der Waals surface area contributed by atoms with Gasteiger partial charge in [-0.05, 0) is 49.6 Å². The predicted octanol–water partition coefficient (Wildman–Crippen LogP) is 4.24. The van der Waals surface area contributed by atoms with Gasteiger partial charge in [0, 0.05) is 24.9 Å². The van der Waals surface area contributed by atoms with Crippen LogP contribution in [0.5, 0.6) is 0 Å². The van der Waals surface area contributed by atoms with Crippen LogP contribution in [-0.2, 0) is 4.74 Å². The average molecular weight is 317 g/mol. The first-order valence-electron chi connectivity index (χ1n) is 8.02. The van der Waals surface area contributed by atoms with Crippen molar-refractivity contribution in [2.45, 2.75) is 38.7 Å². The van der Waals surface area contributed by atoms with E-state index < -0.39 is 0 Å². The molecule has 2 aromatic rings. The summed E-state index contributed by atoms with van der Waals surface area (Å²) in [6.45, 7) is 3.75. The molecule has 1 atom stereocenters. The highest BCUT2D eigenvalue weighted by atomic mass is 32.1. The Bertz CT molecular complexity index is 658. The van der Waals surface area contributed by atoms with E-state index in [1.165, 1.54) is 22.9 Å². The molecule has 1 fully saturated rings. The van der Waals surface area contributed by atoms with Gasteiger partial charge in [0.05, 0.1) is 11.0 Å². The Kier molecular flexibility index (Phi) is 4.79. The number of benzene rings is 1. The van der Waals surface area contributed by atoms with Gasteiger partial charge in [-0.15, -0.1) is 11.3 Å². The van der Waals surface area contributed by atoms with E-state index in [0.29, 0.717) is 6.10 Å². The smallest absolute Gasteiger partial charge is 0.263 e. The lowest BCUT2D eigenvalue weighted by atomic mass is 10.1. The summed E-state index contributed by atoms with van der Waals surface area (Å²) in [5.74, 6) is 0.144. The van der Waals surface area contributed by atoms with Gasteiger partial charge in [0.15, 0.2) is 0 Å². The molecule has 1 aromatic heterocycles. The van der Waals surface area contributed by atoms with Crippen molar-refractivity contribution in [1.29, 1.82) is 0 Å². The highest BCUT2D eigenvalue weighted by molar-refractivity contribution is 7.21. The number of ether oxygens (including phenoxy) is 1. The van der Waals surface area contributed by atoms with E-state index >= 15 is 0 Å². The molecule has 1 aliphatic heterocycles. The topological polar surface area (TPSA) is 29.5 Å². The van der Waals surface area contributed by atoms with Crippen LogP contribution in [0.4, 0.5) is 0 Å². The number of thiophene rings is 1. The van der Waals surface area contributed by atoms with E-state index in [1.807, 2.05) is 31.0 Å². The van der Waals surface area contributed by atoms with E-state index in [1.54, 1.807) is 11.3 Å². The van der Waals surface area contributed by atoms with E-state index in [0.717, 1.165) is 36.4 Å². The van der Waals surface area contributed by atoms with Crippen molar-refractivity contribution in [3.8, 4) is 0 Å². The number of rotatable bonds is 5. The fraction of sp³-hybridized carbons (Fsp3) is 0.500. The first-order valence-corrected chi connectivity index (χ1v) is 8.83. The van der Waals surface area contributed by atoms with Gasteiger partial charge in [0.25, 0.3) is 5.91 Å². The van der Waals surface area contributed by atoms with Crippen LogP contribution >= 0.6 is 11.3 Å². The normalized spacial score (nSPS) is 18.0. The molecular formula is C18H23NO2S. The lowest BCUT2D eigenvalue weighted by Crippen LogP contribution is -2.28. The molecule has 22 heavy (non-hydrogen) atoms. The maximum Gasteiger partial charge on any atom is 0.263 e. The molecule has 0 aliphatic carbocycles. The number of nitrogens with zero attached hydrogens (tertiary/aromatic N) is 1. The van der Waals surface area contributed by atoms with E-state index in [2.05, 4.69) is 12.1 Å². The molecule has 0 radical (unpaired) electrons. The largest absolute Gasteiger partial charge is 0.378 e. The molecule has 0 bridgehead atoms. The van der Waals surface area contributed by atoms with Gasteiger partial charge in [-0.3, -0.25) is 4.79 Å². The molecule has 0 saturated carbocycles. The van der Waals surface area contributed by atoms with Crippen LogP contribution < -0.4 is 0 Å². The molecule has 2 heterocycles. The summed E-state index contributed by atoms with van der Waals surface area (Å²) in [6.07, 6.45) is 4.84. The van der Waals surface area contributed by atoms with Gasteiger partial charge in [0.2, 0.25) is 0 Å². The fourth-order valence-electron chi connectivity index (χ4n) is 3.08. The minimum Gasteiger partial charge on any atom is -0.378 e. The third kappa shape index (κ3) is 3.18. The second-order valence-corrected chi connectivity index (χ2v) is 7.11. The van der Waals surface area contributed by atoms with Crippen molar-refractivity contribution in [3.63, 3.8) is 0 Å². The van der Waals surface area contributed by atoms with Crippen LogP contribution in [0, 0.1) is 6.92 Å². The van der Waals surface area contributed by atoms with Gasteiger partial charge in [0.1, 0.15) is 0 Å². The van der Waals surface area contributed by atoms with Crippen molar-refractivity contribution in [3.05, 3.63) is 34.7 Å². The van der Waals surface area contributed by atoms with Crippen LogP contribution in [0.15, 0.2) is 24.3 Å². The number of fused-ring (bicyclic) bond motifs is 1. The molecule has 1 aromatic carbocycles. The maximum atomic E-state index is 12.7. The van der Waals surface area contributed by atoms with Crippen molar-refractivity contribution < 1.29 is 9.53 Å². The van der Waals surface area contributed by atoms with Gasteiger partial charge in [-0.2, -0.15) is 0 Å². The van der Waals surface area contributed by atoms with E-state index in [-0.39, 0.29) is 5.91 Å². The lowest BCUT2D eigenvalue weighted by Gasteiger charge is -2.18. The third-order valence-corrected chi connectivity index (χ3v) is 5.69. The van der Waals surface area contributed by atoms with Gasteiger partial charge in [-0.1, -0.05) is 18.2 Å². The molecule has 3 rings (SSSR count). The summed E-state index contributed by atoms with van der Waals surface area (Å²) in [5, 5.41) is 1.20. The molecule has 4 heteroatoms. The summed E-state index contributed by atoms with van der Waals surface area (Å²) in [5.41, 5.74) is 1.11. The molecule has 1 amide bonds. The number of hydrogen-bond acceptors (Lipinski definition) is 3. The molecule has 1 saturated heterocycles. The Labute approximate surface area is 135 Å². The van der Waals surface area contributed by atoms with Crippen molar-refractivity contribution in [1.82, 2.24) is 4.90 Å².